The molecule has 1 aliphatic heterocycles. The maximum Gasteiger partial charge on any atom is 0.410 e. The maximum absolute atomic E-state index is 12.3. The first-order valence-electron chi connectivity index (χ1n) is 7.90. The van der Waals surface area contributed by atoms with Crippen molar-refractivity contribution >= 4 is 12.1 Å². The summed E-state index contributed by atoms with van der Waals surface area (Å²) >= 11 is 0. The Morgan fingerprint density at radius 3 is 2.58 bits per heavy atom. The molecule has 0 saturated carbocycles. The average molecular weight is 325 g/mol. The highest BCUT2D eigenvalue weighted by Gasteiger charge is 2.22. The minimum atomic E-state index is -0.857. The van der Waals surface area contributed by atoms with Crippen LogP contribution in [0.25, 0.3) is 0 Å². The second kappa shape index (κ2) is 7.17. The second-order valence-electron chi connectivity index (χ2n) is 5.89. The second-order valence-corrected chi connectivity index (χ2v) is 5.89. The Morgan fingerprint density at radius 2 is 1.83 bits per heavy atom. The van der Waals surface area contributed by atoms with E-state index >= 15 is 0 Å². The van der Waals surface area contributed by atoms with Gasteiger partial charge in [-0.2, -0.15) is 0 Å². The lowest BCUT2D eigenvalue weighted by atomic mass is 9.96. The Kier molecular flexibility index (Phi) is 4.79. The van der Waals surface area contributed by atoms with Crippen LogP contribution in [0, 0.1) is 0 Å². The van der Waals surface area contributed by atoms with Crippen LogP contribution in [0.4, 0.5) is 4.79 Å². The third kappa shape index (κ3) is 3.93. The first kappa shape index (κ1) is 16.1. The number of hydrogen-bond donors (Lipinski definition) is 1. The summed E-state index contributed by atoms with van der Waals surface area (Å²) in [6, 6.07) is 15.2. The van der Waals surface area contributed by atoms with Gasteiger partial charge in [0.1, 0.15) is 6.61 Å². The predicted molar refractivity (Wildman–Crippen MR) is 88.5 cm³/mol. The Balaban J connectivity index is 1.63. The van der Waals surface area contributed by atoms with Crippen molar-refractivity contribution in [3.63, 3.8) is 0 Å². The molecule has 3 rings (SSSR count). The Hall–Kier alpha value is -2.82. The molecule has 5 heteroatoms. The van der Waals surface area contributed by atoms with Crippen LogP contribution in [0.2, 0.25) is 0 Å². The van der Waals surface area contributed by atoms with E-state index in [0.717, 1.165) is 28.7 Å². The largest absolute Gasteiger partial charge is 0.481 e. The van der Waals surface area contributed by atoms with E-state index in [-0.39, 0.29) is 19.1 Å². The molecule has 5 nitrogen and oxygen atoms in total. The fourth-order valence-corrected chi connectivity index (χ4v) is 2.86. The predicted octanol–water partition coefficient (Wildman–Crippen LogP) is 3.01. The lowest BCUT2D eigenvalue weighted by molar-refractivity contribution is -0.136. The smallest absolute Gasteiger partial charge is 0.410 e. The summed E-state index contributed by atoms with van der Waals surface area (Å²) in [5.41, 5.74) is 3.86. The molecule has 0 atom stereocenters. The summed E-state index contributed by atoms with van der Waals surface area (Å²) in [5, 5.41) is 8.90. The van der Waals surface area contributed by atoms with Crippen molar-refractivity contribution in [2.24, 2.45) is 0 Å². The first-order valence-corrected chi connectivity index (χ1v) is 7.90. The molecule has 0 fully saturated rings. The Bertz CT molecular complexity index is 742. The molecule has 1 heterocycles. The molecule has 24 heavy (non-hydrogen) atoms. The topological polar surface area (TPSA) is 66.8 Å². The summed E-state index contributed by atoms with van der Waals surface area (Å²) in [6.45, 7) is 1.32. The van der Waals surface area contributed by atoms with Crippen molar-refractivity contribution in [3.8, 4) is 0 Å². The van der Waals surface area contributed by atoms with Gasteiger partial charge in [-0.25, -0.2) is 4.79 Å². The van der Waals surface area contributed by atoms with Crippen LogP contribution in [0.15, 0.2) is 48.5 Å². The number of benzene rings is 2. The molecule has 0 radical (unpaired) electrons. The van der Waals surface area contributed by atoms with Crippen molar-refractivity contribution < 1.29 is 19.4 Å². The zero-order valence-electron chi connectivity index (χ0n) is 13.3. The van der Waals surface area contributed by atoms with Crippen molar-refractivity contribution in [2.45, 2.75) is 26.0 Å². The minimum absolute atomic E-state index is 0.00820. The monoisotopic (exact) mass is 325 g/mol. The Labute approximate surface area is 140 Å². The fourth-order valence-electron chi connectivity index (χ4n) is 2.86. The van der Waals surface area contributed by atoms with Crippen LogP contribution in [0.3, 0.4) is 0 Å². The number of hydrogen-bond acceptors (Lipinski definition) is 3. The van der Waals surface area contributed by atoms with E-state index in [2.05, 4.69) is 0 Å². The van der Waals surface area contributed by atoms with E-state index in [0.29, 0.717) is 13.1 Å². The Morgan fingerprint density at radius 1 is 1.04 bits per heavy atom. The lowest BCUT2D eigenvalue weighted by Gasteiger charge is -2.28. The van der Waals surface area contributed by atoms with Crippen molar-refractivity contribution in [1.29, 1.82) is 0 Å². The maximum atomic E-state index is 12.3. The van der Waals surface area contributed by atoms with Gasteiger partial charge in [0.05, 0.1) is 6.42 Å². The summed E-state index contributed by atoms with van der Waals surface area (Å²) < 4.78 is 5.37. The molecule has 1 aliphatic rings. The highest BCUT2D eigenvalue weighted by Crippen LogP contribution is 2.21. The number of nitrogens with zero attached hydrogens (tertiary/aromatic N) is 1. The number of aliphatic carboxylic acids is 1. The number of amides is 1. The van der Waals surface area contributed by atoms with Gasteiger partial charge in [-0.3, -0.25) is 4.79 Å². The summed E-state index contributed by atoms with van der Waals surface area (Å²) in [4.78, 5) is 24.8. The van der Waals surface area contributed by atoms with Crippen LogP contribution >= 0.6 is 0 Å². The van der Waals surface area contributed by atoms with E-state index in [1.807, 2.05) is 48.5 Å². The first-order chi connectivity index (χ1) is 11.6. The molecule has 2 aromatic rings. The number of carbonyl (C=O) groups is 2. The van der Waals surface area contributed by atoms with Crippen LogP contribution in [-0.2, 0) is 35.5 Å². The SMILES string of the molecule is O=C(O)Cc1ccc2c(c1)CN(C(=O)OCc1ccccc1)CC2. The molecule has 0 saturated heterocycles. The molecular weight excluding hydrogens is 306 g/mol. The van der Waals surface area contributed by atoms with Gasteiger partial charge in [0, 0.05) is 13.1 Å². The average Bonchev–Trinajstić information content (AvgIpc) is 2.59. The van der Waals surface area contributed by atoms with E-state index < -0.39 is 5.97 Å². The van der Waals surface area contributed by atoms with Crippen molar-refractivity contribution in [2.75, 3.05) is 6.54 Å². The molecule has 124 valence electrons. The molecule has 0 aromatic heterocycles. The number of carboxylic acids is 1. The fraction of sp³-hybridized carbons (Fsp3) is 0.263. The third-order valence-corrected chi connectivity index (χ3v) is 4.10. The summed E-state index contributed by atoms with van der Waals surface area (Å²) in [7, 11) is 0. The van der Waals surface area contributed by atoms with Crippen molar-refractivity contribution in [3.05, 3.63) is 70.8 Å². The van der Waals surface area contributed by atoms with Gasteiger partial charge in [-0.05, 0) is 28.7 Å². The number of ether oxygens (including phenoxy) is 1. The molecule has 0 aliphatic carbocycles. The highest BCUT2D eigenvalue weighted by atomic mass is 16.6. The zero-order chi connectivity index (χ0) is 16.9. The van der Waals surface area contributed by atoms with Gasteiger partial charge in [-0.1, -0.05) is 48.5 Å². The lowest BCUT2D eigenvalue weighted by Crippen LogP contribution is -2.36. The standard InChI is InChI=1S/C19H19NO4/c21-18(22)11-15-6-7-16-8-9-20(12-17(16)10-15)19(23)24-13-14-4-2-1-3-5-14/h1-7,10H,8-9,11-13H2,(H,21,22). The van der Waals surface area contributed by atoms with E-state index in [1.54, 1.807) is 4.90 Å². The number of carbonyl (C=O) groups excluding carboxylic acids is 1. The molecule has 0 unspecified atom stereocenters. The molecule has 0 bridgehead atoms. The summed E-state index contributed by atoms with van der Waals surface area (Å²) in [5.74, 6) is -0.857. The van der Waals surface area contributed by atoms with Crippen LogP contribution < -0.4 is 0 Å². The zero-order valence-corrected chi connectivity index (χ0v) is 13.3. The number of rotatable bonds is 4. The molecule has 1 amide bonds. The van der Waals surface area contributed by atoms with E-state index in [1.165, 1.54) is 0 Å². The van der Waals surface area contributed by atoms with Gasteiger partial charge >= 0.3 is 12.1 Å². The van der Waals surface area contributed by atoms with Gasteiger partial charge in [0.25, 0.3) is 0 Å². The summed E-state index contributed by atoms with van der Waals surface area (Å²) in [6.07, 6.45) is 0.405. The van der Waals surface area contributed by atoms with Gasteiger partial charge in [-0.15, -0.1) is 0 Å². The highest BCUT2D eigenvalue weighted by molar-refractivity contribution is 5.70. The van der Waals surface area contributed by atoms with Crippen LogP contribution in [0.5, 0.6) is 0 Å². The van der Waals surface area contributed by atoms with Gasteiger partial charge in [0.2, 0.25) is 0 Å². The third-order valence-electron chi connectivity index (χ3n) is 4.10. The molecule has 2 aromatic carbocycles. The number of carboxylic acid groups (broad SMARTS) is 1. The van der Waals surface area contributed by atoms with Crippen LogP contribution in [-0.4, -0.2) is 28.6 Å². The normalized spacial score (nSPS) is 13.2. The van der Waals surface area contributed by atoms with Crippen molar-refractivity contribution in [1.82, 2.24) is 4.90 Å². The molecular formula is C19H19NO4. The van der Waals surface area contributed by atoms with Gasteiger partial charge in [0.15, 0.2) is 0 Å². The molecule has 0 spiro atoms. The van der Waals surface area contributed by atoms with Crippen LogP contribution in [0.1, 0.15) is 22.3 Å². The molecule has 1 N–H and O–H groups in total. The van der Waals surface area contributed by atoms with E-state index in [4.69, 9.17) is 9.84 Å². The minimum Gasteiger partial charge on any atom is -0.481 e. The quantitative estimate of drug-likeness (QED) is 0.938. The number of fused-ring (bicyclic) bond motifs is 1. The van der Waals surface area contributed by atoms with E-state index in [9.17, 15) is 9.59 Å². The van der Waals surface area contributed by atoms with Gasteiger partial charge < -0.3 is 14.7 Å².